The number of rotatable bonds is 5. The molecule has 7 heteroatoms. The van der Waals surface area contributed by atoms with Gasteiger partial charge in [0.1, 0.15) is 16.5 Å². The first kappa shape index (κ1) is 21.7. The third-order valence-electron chi connectivity index (χ3n) is 6.34. The fourth-order valence-electron chi connectivity index (χ4n) is 4.64. The van der Waals surface area contributed by atoms with Crippen LogP contribution in [0.2, 0.25) is 0 Å². The quantitative estimate of drug-likeness (QED) is 0.486. The van der Waals surface area contributed by atoms with Crippen LogP contribution >= 0.6 is 23.1 Å². The van der Waals surface area contributed by atoms with Gasteiger partial charge in [-0.05, 0) is 43.4 Å². The van der Waals surface area contributed by atoms with Gasteiger partial charge < -0.3 is 9.80 Å². The van der Waals surface area contributed by atoms with E-state index in [4.69, 9.17) is 9.97 Å². The maximum absolute atomic E-state index is 12.5. The third-order valence-corrected chi connectivity index (χ3v) is 8.53. The van der Waals surface area contributed by atoms with E-state index < -0.39 is 0 Å². The molecule has 0 spiro atoms. The van der Waals surface area contributed by atoms with Crippen molar-refractivity contribution < 1.29 is 4.79 Å². The van der Waals surface area contributed by atoms with Gasteiger partial charge in [0.15, 0.2) is 0 Å². The fraction of sp³-hybridized carbons (Fsp3) is 0.480. The molecule has 1 aromatic carbocycles. The number of carbonyl (C=O) groups is 1. The number of aromatic nitrogens is 2. The summed E-state index contributed by atoms with van der Waals surface area (Å²) in [6.45, 7) is 7.17. The fourth-order valence-corrected chi connectivity index (χ4v) is 6.69. The number of thiophene rings is 1. The minimum atomic E-state index is 0.0535. The van der Waals surface area contributed by atoms with E-state index in [2.05, 4.69) is 29.2 Å². The molecule has 2 aromatic heterocycles. The molecule has 3 aromatic rings. The van der Waals surface area contributed by atoms with Gasteiger partial charge in [-0.2, -0.15) is 0 Å². The molecule has 2 aliphatic rings. The lowest BCUT2D eigenvalue weighted by atomic mass is 9.97. The highest BCUT2D eigenvalue weighted by Crippen LogP contribution is 2.40. The zero-order valence-corrected chi connectivity index (χ0v) is 20.5. The zero-order chi connectivity index (χ0) is 22.1. The maximum Gasteiger partial charge on any atom is 0.225 e. The van der Waals surface area contributed by atoms with Crippen molar-refractivity contribution in [2.45, 2.75) is 50.2 Å². The summed E-state index contributed by atoms with van der Waals surface area (Å²) in [6, 6.07) is 10.5. The van der Waals surface area contributed by atoms with Crippen molar-refractivity contribution in [1.82, 2.24) is 14.9 Å². The lowest BCUT2D eigenvalue weighted by Gasteiger charge is -2.36. The van der Waals surface area contributed by atoms with Gasteiger partial charge in [-0.25, -0.2) is 9.97 Å². The number of hydrogen-bond donors (Lipinski definition) is 0. The number of aryl methyl sites for hydroxylation is 2. The maximum atomic E-state index is 12.5. The molecule has 1 fully saturated rings. The molecule has 168 valence electrons. The average Bonchev–Trinajstić information content (AvgIpc) is 3.21. The highest BCUT2D eigenvalue weighted by atomic mass is 32.2. The van der Waals surface area contributed by atoms with Crippen molar-refractivity contribution >= 4 is 45.0 Å². The molecule has 5 nitrogen and oxygen atoms in total. The van der Waals surface area contributed by atoms with Crippen LogP contribution in [0.3, 0.4) is 0 Å². The van der Waals surface area contributed by atoms with E-state index in [9.17, 15) is 4.79 Å². The van der Waals surface area contributed by atoms with Crippen molar-refractivity contribution in [2.24, 2.45) is 5.92 Å². The number of amides is 1. The molecule has 1 aliphatic heterocycles. The van der Waals surface area contributed by atoms with Gasteiger partial charge in [0.2, 0.25) is 5.91 Å². The van der Waals surface area contributed by atoms with Crippen LogP contribution in [0.4, 0.5) is 5.82 Å². The largest absolute Gasteiger partial charge is 0.352 e. The van der Waals surface area contributed by atoms with Crippen molar-refractivity contribution in [3.05, 3.63) is 46.6 Å². The molecule has 1 saturated heterocycles. The molecule has 0 radical (unpaired) electrons. The first-order valence-corrected chi connectivity index (χ1v) is 13.4. The Kier molecular flexibility index (Phi) is 6.37. The Labute approximate surface area is 198 Å². The minimum Gasteiger partial charge on any atom is -0.352 e. The Morgan fingerprint density at radius 3 is 2.56 bits per heavy atom. The minimum absolute atomic E-state index is 0.0535. The van der Waals surface area contributed by atoms with Crippen LogP contribution in [0.25, 0.3) is 10.2 Å². The smallest absolute Gasteiger partial charge is 0.225 e. The van der Waals surface area contributed by atoms with E-state index in [0.29, 0.717) is 0 Å². The molecule has 32 heavy (non-hydrogen) atoms. The highest BCUT2D eigenvalue weighted by molar-refractivity contribution is 7.98. The summed E-state index contributed by atoms with van der Waals surface area (Å²) < 4.78 is 0. The van der Waals surface area contributed by atoms with Gasteiger partial charge in [0.05, 0.1) is 11.1 Å². The Morgan fingerprint density at radius 2 is 1.81 bits per heavy atom. The Morgan fingerprint density at radius 1 is 1.06 bits per heavy atom. The van der Waals surface area contributed by atoms with Gasteiger partial charge in [-0.3, -0.25) is 4.79 Å². The normalized spacial score (nSPS) is 16.6. The summed E-state index contributed by atoms with van der Waals surface area (Å²) in [6.07, 6.45) is 4.83. The number of anilines is 1. The number of carbonyl (C=O) groups excluding carboxylic acids is 1. The molecule has 0 unspecified atom stereocenters. The zero-order valence-electron chi connectivity index (χ0n) is 18.8. The van der Waals surface area contributed by atoms with Gasteiger partial charge >= 0.3 is 0 Å². The molecule has 0 bridgehead atoms. The second-order valence-corrected chi connectivity index (χ2v) is 11.1. The summed E-state index contributed by atoms with van der Waals surface area (Å²) in [5.74, 6) is 3.07. The van der Waals surface area contributed by atoms with Crippen LogP contribution in [-0.4, -0.2) is 47.0 Å². The van der Waals surface area contributed by atoms with E-state index >= 15 is 0 Å². The Hall–Kier alpha value is -2.12. The lowest BCUT2D eigenvalue weighted by Crippen LogP contribution is -2.50. The number of thioether (sulfide) groups is 1. The lowest BCUT2D eigenvalue weighted by molar-refractivity contribution is -0.134. The van der Waals surface area contributed by atoms with Crippen LogP contribution in [-0.2, 0) is 23.4 Å². The predicted octanol–water partition coefficient (Wildman–Crippen LogP) is 5.17. The molecule has 5 rings (SSSR count). The van der Waals surface area contributed by atoms with Crippen LogP contribution in [0, 0.1) is 5.92 Å². The van der Waals surface area contributed by atoms with Gasteiger partial charge in [0.25, 0.3) is 0 Å². The van der Waals surface area contributed by atoms with Gasteiger partial charge in [-0.15, -0.1) is 23.1 Å². The molecular formula is C25H30N4OS2. The summed E-state index contributed by atoms with van der Waals surface area (Å²) in [5, 5.41) is 1.28. The highest BCUT2D eigenvalue weighted by Gasteiger charge is 2.28. The van der Waals surface area contributed by atoms with E-state index in [1.54, 1.807) is 11.8 Å². The van der Waals surface area contributed by atoms with Crippen molar-refractivity contribution in [2.75, 3.05) is 31.1 Å². The molecule has 3 heterocycles. The molecule has 0 atom stereocenters. The summed E-state index contributed by atoms with van der Waals surface area (Å²) in [7, 11) is 0. The first-order chi connectivity index (χ1) is 15.6. The molecule has 1 amide bonds. The summed E-state index contributed by atoms with van der Waals surface area (Å²) in [4.78, 5) is 30.9. The molecule has 0 N–H and O–H groups in total. The van der Waals surface area contributed by atoms with E-state index in [1.807, 2.05) is 36.2 Å². The third kappa shape index (κ3) is 4.37. The predicted molar refractivity (Wildman–Crippen MR) is 134 cm³/mol. The standard InChI is InChI=1S/C25H30N4OS2/c1-17(2)25(30)29-14-12-28(13-15-29)23-22-19-10-6-7-11-20(19)32-24(22)27-21(26-23)16-31-18-8-4-3-5-9-18/h3-5,8-9,17H,6-7,10-16H2,1-2H3. The first-order valence-electron chi connectivity index (χ1n) is 11.6. The summed E-state index contributed by atoms with van der Waals surface area (Å²) >= 11 is 3.66. The van der Waals surface area contributed by atoms with Crippen LogP contribution in [0.1, 0.15) is 43.0 Å². The Balaban J connectivity index is 1.45. The van der Waals surface area contributed by atoms with Crippen molar-refractivity contribution in [1.29, 1.82) is 0 Å². The second-order valence-electron chi connectivity index (χ2n) is 8.92. The average molecular weight is 467 g/mol. The van der Waals surface area contributed by atoms with Crippen LogP contribution < -0.4 is 4.90 Å². The molecule has 0 saturated carbocycles. The molecular weight excluding hydrogens is 436 g/mol. The van der Waals surface area contributed by atoms with E-state index in [1.165, 1.54) is 40.0 Å². The monoisotopic (exact) mass is 466 g/mol. The van der Waals surface area contributed by atoms with Crippen molar-refractivity contribution in [3.63, 3.8) is 0 Å². The van der Waals surface area contributed by atoms with E-state index in [-0.39, 0.29) is 11.8 Å². The SMILES string of the molecule is CC(C)C(=O)N1CCN(c2nc(CSc3ccccc3)nc3sc4c(c23)CCCC4)CC1. The number of hydrogen-bond acceptors (Lipinski definition) is 6. The number of nitrogens with zero attached hydrogens (tertiary/aromatic N) is 4. The summed E-state index contributed by atoms with van der Waals surface area (Å²) in [5.41, 5.74) is 1.48. The second kappa shape index (κ2) is 9.40. The van der Waals surface area contributed by atoms with Gasteiger partial charge in [0, 0.05) is 41.9 Å². The topological polar surface area (TPSA) is 49.3 Å². The number of benzene rings is 1. The number of fused-ring (bicyclic) bond motifs is 3. The van der Waals surface area contributed by atoms with E-state index in [0.717, 1.165) is 54.8 Å². The van der Waals surface area contributed by atoms with Crippen LogP contribution in [0.5, 0.6) is 0 Å². The van der Waals surface area contributed by atoms with Crippen LogP contribution in [0.15, 0.2) is 35.2 Å². The molecule has 1 aliphatic carbocycles. The van der Waals surface area contributed by atoms with Gasteiger partial charge in [-0.1, -0.05) is 32.0 Å². The number of piperazine rings is 1. The van der Waals surface area contributed by atoms with Crippen molar-refractivity contribution in [3.8, 4) is 0 Å². The Bertz CT molecular complexity index is 1100.